The molecule has 6 heteroatoms. The molecule has 114 valence electrons. The fourth-order valence-corrected chi connectivity index (χ4v) is 2.66. The van der Waals surface area contributed by atoms with Crippen molar-refractivity contribution in [2.24, 2.45) is 11.7 Å². The molecule has 1 aliphatic rings. The Kier molecular flexibility index (Phi) is 6.65. The number of halogens is 3. The minimum atomic E-state index is -2.83. The summed E-state index contributed by atoms with van der Waals surface area (Å²) in [6.45, 7) is -2.83. The summed E-state index contributed by atoms with van der Waals surface area (Å²) in [5, 5.41) is 10.2. The molecule has 20 heavy (non-hydrogen) atoms. The van der Waals surface area contributed by atoms with E-state index in [0.29, 0.717) is 0 Å². The fraction of sp³-hybridized carbons (Fsp3) is 0.571. The van der Waals surface area contributed by atoms with Crippen molar-refractivity contribution in [1.29, 1.82) is 0 Å². The summed E-state index contributed by atoms with van der Waals surface area (Å²) in [6, 6.07) is 5.66. The van der Waals surface area contributed by atoms with Gasteiger partial charge in [-0.15, -0.1) is 12.4 Å². The summed E-state index contributed by atoms with van der Waals surface area (Å²) < 4.78 is 28.3. The van der Waals surface area contributed by atoms with Crippen LogP contribution >= 0.6 is 12.4 Å². The first-order chi connectivity index (χ1) is 9.08. The number of ether oxygens (including phenoxy) is 1. The van der Waals surface area contributed by atoms with Crippen LogP contribution in [-0.4, -0.2) is 17.8 Å². The Balaban J connectivity index is 0.00000200. The Morgan fingerprint density at radius 3 is 2.20 bits per heavy atom. The van der Waals surface area contributed by atoms with Crippen LogP contribution in [0.2, 0.25) is 0 Å². The van der Waals surface area contributed by atoms with Crippen LogP contribution in [0.15, 0.2) is 24.3 Å². The monoisotopic (exact) mass is 307 g/mol. The molecule has 0 aliphatic heterocycles. The largest absolute Gasteiger partial charge is 0.435 e. The second-order valence-corrected chi connectivity index (χ2v) is 5.01. The van der Waals surface area contributed by atoms with Gasteiger partial charge < -0.3 is 15.6 Å². The molecule has 3 N–H and O–H groups in total. The molecule has 0 unspecified atom stereocenters. The quantitative estimate of drug-likeness (QED) is 0.878. The predicted octanol–water partition coefficient (Wildman–Crippen LogP) is 3.26. The highest BCUT2D eigenvalue weighted by Gasteiger charge is 2.28. The number of nitrogens with two attached hydrogens (primary N) is 1. The van der Waals surface area contributed by atoms with Crippen molar-refractivity contribution < 1.29 is 18.6 Å². The fourth-order valence-electron chi connectivity index (χ4n) is 2.66. The molecular weight excluding hydrogens is 288 g/mol. The van der Waals surface area contributed by atoms with Crippen molar-refractivity contribution in [2.45, 2.75) is 44.4 Å². The topological polar surface area (TPSA) is 55.5 Å². The zero-order valence-electron chi connectivity index (χ0n) is 11.0. The van der Waals surface area contributed by atoms with Crippen LogP contribution in [0.5, 0.6) is 5.75 Å². The lowest BCUT2D eigenvalue weighted by Crippen LogP contribution is -2.31. The highest BCUT2D eigenvalue weighted by Crippen LogP contribution is 2.32. The van der Waals surface area contributed by atoms with E-state index in [1.54, 1.807) is 12.1 Å². The van der Waals surface area contributed by atoms with Gasteiger partial charge in [0.15, 0.2) is 0 Å². The van der Waals surface area contributed by atoms with Crippen LogP contribution in [0.1, 0.15) is 37.3 Å². The summed E-state index contributed by atoms with van der Waals surface area (Å²) in [6.07, 6.45) is 3.69. The van der Waals surface area contributed by atoms with E-state index in [2.05, 4.69) is 4.74 Å². The van der Waals surface area contributed by atoms with E-state index in [0.717, 1.165) is 31.2 Å². The van der Waals surface area contributed by atoms with Gasteiger partial charge >= 0.3 is 6.61 Å². The number of benzene rings is 1. The van der Waals surface area contributed by atoms with E-state index < -0.39 is 18.8 Å². The number of rotatable bonds is 5. The maximum absolute atomic E-state index is 12.0. The van der Waals surface area contributed by atoms with Crippen LogP contribution in [0, 0.1) is 5.92 Å². The Bertz CT molecular complexity index is 397. The lowest BCUT2D eigenvalue weighted by atomic mass is 9.91. The molecule has 0 amide bonds. The second-order valence-electron chi connectivity index (χ2n) is 5.01. The van der Waals surface area contributed by atoms with E-state index in [9.17, 15) is 13.9 Å². The minimum Gasteiger partial charge on any atom is -0.435 e. The minimum absolute atomic E-state index is 0. The molecule has 0 saturated heterocycles. The van der Waals surface area contributed by atoms with E-state index in [1.807, 2.05) is 0 Å². The molecular formula is C14H20ClF2NO2. The van der Waals surface area contributed by atoms with Crippen LogP contribution in [-0.2, 0) is 0 Å². The SMILES string of the molecule is Cl.N[C@@H](c1ccc(OC(F)F)cc1)[C@H](O)C1CCCC1. The first-order valence-electron chi connectivity index (χ1n) is 6.56. The average Bonchev–Trinajstić information content (AvgIpc) is 2.91. The molecule has 0 heterocycles. The van der Waals surface area contributed by atoms with Crippen molar-refractivity contribution >= 4 is 12.4 Å². The first kappa shape index (κ1) is 17.1. The van der Waals surface area contributed by atoms with Gasteiger partial charge in [-0.05, 0) is 36.5 Å². The normalized spacial score (nSPS) is 18.6. The van der Waals surface area contributed by atoms with Crippen molar-refractivity contribution in [2.75, 3.05) is 0 Å². The lowest BCUT2D eigenvalue weighted by molar-refractivity contribution is -0.0498. The number of alkyl halides is 2. The summed E-state index contributed by atoms with van der Waals surface area (Å²) in [4.78, 5) is 0. The maximum atomic E-state index is 12.0. The Morgan fingerprint density at radius 2 is 1.70 bits per heavy atom. The second kappa shape index (κ2) is 7.76. The maximum Gasteiger partial charge on any atom is 0.387 e. The molecule has 1 aromatic rings. The van der Waals surface area contributed by atoms with E-state index >= 15 is 0 Å². The van der Waals surface area contributed by atoms with E-state index in [1.165, 1.54) is 12.1 Å². The number of aliphatic hydroxyl groups is 1. The third kappa shape index (κ3) is 4.30. The third-order valence-electron chi connectivity index (χ3n) is 3.74. The van der Waals surface area contributed by atoms with Crippen LogP contribution < -0.4 is 10.5 Å². The van der Waals surface area contributed by atoms with Crippen molar-refractivity contribution in [3.05, 3.63) is 29.8 Å². The van der Waals surface area contributed by atoms with Gasteiger partial charge in [-0.25, -0.2) is 0 Å². The van der Waals surface area contributed by atoms with Crippen molar-refractivity contribution in [3.8, 4) is 5.75 Å². The summed E-state index contributed by atoms with van der Waals surface area (Å²) in [7, 11) is 0. The standard InChI is InChI=1S/C14H19F2NO2.ClH/c15-14(16)19-11-7-5-9(6-8-11)12(17)13(18)10-3-1-2-4-10;/h5-8,10,12-14,18H,1-4,17H2;1H/t12-,13+;/m0./s1. The molecule has 1 aliphatic carbocycles. The number of hydrogen-bond donors (Lipinski definition) is 2. The highest BCUT2D eigenvalue weighted by atomic mass is 35.5. The Morgan fingerprint density at radius 1 is 1.15 bits per heavy atom. The first-order valence-corrected chi connectivity index (χ1v) is 6.56. The smallest absolute Gasteiger partial charge is 0.387 e. The molecule has 1 aromatic carbocycles. The van der Waals surface area contributed by atoms with Gasteiger partial charge in [-0.3, -0.25) is 0 Å². The van der Waals surface area contributed by atoms with Gasteiger partial charge in [-0.2, -0.15) is 8.78 Å². The van der Waals surface area contributed by atoms with Gasteiger partial charge in [0.05, 0.1) is 12.1 Å². The molecule has 3 nitrogen and oxygen atoms in total. The third-order valence-corrected chi connectivity index (χ3v) is 3.74. The number of hydrogen-bond acceptors (Lipinski definition) is 3. The van der Waals surface area contributed by atoms with Crippen LogP contribution in [0.25, 0.3) is 0 Å². The van der Waals surface area contributed by atoms with E-state index in [-0.39, 0.29) is 24.1 Å². The molecule has 2 rings (SSSR count). The van der Waals surface area contributed by atoms with Gasteiger partial charge in [0.25, 0.3) is 0 Å². The van der Waals surface area contributed by atoms with Gasteiger partial charge in [0, 0.05) is 0 Å². The average molecular weight is 308 g/mol. The number of aliphatic hydroxyl groups excluding tert-OH is 1. The summed E-state index contributed by atoms with van der Waals surface area (Å²) in [5.74, 6) is 0.341. The van der Waals surface area contributed by atoms with E-state index in [4.69, 9.17) is 5.73 Å². The van der Waals surface area contributed by atoms with Gasteiger partial charge in [0.2, 0.25) is 0 Å². The molecule has 2 atom stereocenters. The Labute approximate surface area is 123 Å². The molecule has 0 spiro atoms. The van der Waals surface area contributed by atoms with Gasteiger partial charge in [0.1, 0.15) is 5.75 Å². The summed E-state index contributed by atoms with van der Waals surface area (Å²) in [5.41, 5.74) is 6.77. The molecule has 0 radical (unpaired) electrons. The van der Waals surface area contributed by atoms with Crippen molar-refractivity contribution in [1.82, 2.24) is 0 Å². The Hall–Kier alpha value is -0.910. The predicted molar refractivity (Wildman–Crippen MR) is 75.2 cm³/mol. The molecule has 1 fully saturated rings. The van der Waals surface area contributed by atoms with Crippen LogP contribution in [0.4, 0.5) is 8.78 Å². The molecule has 1 saturated carbocycles. The zero-order chi connectivity index (χ0) is 13.8. The zero-order valence-corrected chi connectivity index (χ0v) is 11.9. The highest BCUT2D eigenvalue weighted by molar-refractivity contribution is 5.85. The molecule has 0 bridgehead atoms. The van der Waals surface area contributed by atoms with Gasteiger partial charge in [-0.1, -0.05) is 25.0 Å². The molecule has 0 aromatic heterocycles. The van der Waals surface area contributed by atoms with Crippen molar-refractivity contribution in [3.63, 3.8) is 0 Å². The lowest BCUT2D eigenvalue weighted by Gasteiger charge is -2.24. The van der Waals surface area contributed by atoms with Crippen LogP contribution in [0.3, 0.4) is 0 Å². The summed E-state index contributed by atoms with van der Waals surface area (Å²) >= 11 is 0.